The minimum Gasteiger partial charge on any atom is -1.00 e. The van der Waals surface area contributed by atoms with Crippen LogP contribution in [-0.4, -0.2) is 19.1 Å². The average Bonchev–Trinajstić information content (AvgIpc) is 3.36. The molecule has 0 fully saturated rings. The Labute approximate surface area is 260 Å². The summed E-state index contributed by atoms with van der Waals surface area (Å²) in [7, 11) is 0. The third-order valence-corrected chi connectivity index (χ3v) is 7.90. The lowest BCUT2D eigenvalue weighted by Gasteiger charge is -2.14. The van der Waals surface area contributed by atoms with E-state index in [0.29, 0.717) is 13.2 Å². The molecular formula is C33H46BrFN2O3S. The van der Waals surface area contributed by atoms with Gasteiger partial charge < -0.3 is 31.8 Å². The fraction of sp³-hybridized carbons (Fsp3) is 0.515. The van der Waals surface area contributed by atoms with Crippen LogP contribution in [0.5, 0.6) is 11.5 Å². The van der Waals surface area contributed by atoms with Gasteiger partial charge in [0.05, 0.1) is 17.7 Å². The first kappa shape index (κ1) is 34.7. The van der Waals surface area contributed by atoms with Gasteiger partial charge in [-0.2, -0.15) is 4.57 Å². The summed E-state index contributed by atoms with van der Waals surface area (Å²) in [6.07, 6.45) is 15.1. The number of hydrogen-bond donors (Lipinski definition) is 1. The SMILES string of the molecule is CCCCCCCCCCCCCCOc1c(F)cccc1OCC(=O)Nc1ccccc1C[n+]1cscc1C.[Br-]. The summed E-state index contributed by atoms with van der Waals surface area (Å²) >= 11 is 1.64. The second-order valence-corrected chi connectivity index (χ2v) is 11.1. The molecule has 5 nitrogen and oxygen atoms in total. The Morgan fingerprint density at radius 2 is 1.54 bits per heavy atom. The van der Waals surface area contributed by atoms with Crippen LogP contribution in [0.1, 0.15) is 95.2 Å². The van der Waals surface area contributed by atoms with Crippen molar-refractivity contribution in [2.75, 3.05) is 18.5 Å². The number of para-hydroxylation sites is 2. The minimum absolute atomic E-state index is 0. The minimum atomic E-state index is -0.481. The number of hydrogen-bond acceptors (Lipinski definition) is 4. The zero-order chi connectivity index (χ0) is 28.4. The van der Waals surface area contributed by atoms with Crippen LogP contribution in [0.4, 0.5) is 10.1 Å². The van der Waals surface area contributed by atoms with Gasteiger partial charge in [0.25, 0.3) is 5.91 Å². The molecule has 1 amide bonds. The summed E-state index contributed by atoms with van der Waals surface area (Å²) in [6.45, 7) is 5.16. The number of thiazole rings is 1. The van der Waals surface area contributed by atoms with Gasteiger partial charge in [0, 0.05) is 12.5 Å². The number of carbonyl (C=O) groups is 1. The lowest BCUT2D eigenvalue weighted by atomic mass is 10.1. The monoisotopic (exact) mass is 648 g/mol. The number of nitrogens with one attached hydrogen (secondary N) is 1. The molecule has 0 aliphatic carbocycles. The topological polar surface area (TPSA) is 51.4 Å². The van der Waals surface area contributed by atoms with Crippen molar-refractivity contribution in [3.8, 4) is 11.5 Å². The highest BCUT2D eigenvalue weighted by atomic mass is 79.9. The molecular weight excluding hydrogens is 603 g/mol. The Kier molecular flexibility index (Phi) is 17.3. The number of amides is 1. The smallest absolute Gasteiger partial charge is 0.262 e. The molecule has 0 radical (unpaired) electrons. The number of rotatable bonds is 20. The van der Waals surface area contributed by atoms with Crippen LogP contribution in [0.25, 0.3) is 0 Å². The molecule has 0 aliphatic heterocycles. The van der Waals surface area contributed by atoms with E-state index in [1.807, 2.05) is 24.3 Å². The first-order valence-electron chi connectivity index (χ1n) is 14.9. The van der Waals surface area contributed by atoms with E-state index >= 15 is 0 Å². The molecule has 41 heavy (non-hydrogen) atoms. The highest BCUT2D eigenvalue weighted by Gasteiger charge is 2.16. The van der Waals surface area contributed by atoms with Gasteiger partial charge in [-0.15, -0.1) is 0 Å². The van der Waals surface area contributed by atoms with Crippen molar-refractivity contribution in [3.63, 3.8) is 0 Å². The van der Waals surface area contributed by atoms with Crippen LogP contribution < -0.4 is 36.3 Å². The summed E-state index contributed by atoms with van der Waals surface area (Å²) in [6, 6.07) is 12.3. The van der Waals surface area contributed by atoms with Crippen LogP contribution in [0.2, 0.25) is 0 Å². The van der Waals surface area contributed by atoms with E-state index in [0.717, 1.165) is 29.8 Å². The van der Waals surface area contributed by atoms with Gasteiger partial charge in [-0.25, -0.2) is 4.39 Å². The molecule has 2 aromatic carbocycles. The molecule has 0 bridgehead atoms. The highest BCUT2D eigenvalue weighted by Crippen LogP contribution is 2.30. The lowest BCUT2D eigenvalue weighted by Crippen LogP contribution is -3.00. The Balaban J connectivity index is 0.00000588. The summed E-state index contributed by atoms with van der Waals surface area (Å²) in [5.41, 5.74) is 4.95. The molecule has 1 heterocycles. The van der Waals surface area contributed by atoms with Crippen LogP contribution in [-0.2, 0) is 11.3 Å². The van der Waals surface area contributed by atoms with E-state index in [-0.39, 0.29) is 41.0 Å². The van der Waals surface area contributed by atoms with Gasteiger partial charge in [0.2, 0.25) is 5.51 Å². The summed E-state index contributed by atoms with van der Waals surface area (Å²) in [5.74, 6) is -0.476. The van der Waals surface area contributed by atoms with E-state index in [9.17, 15) is 9.18 Å². The Morgan fingerprint density at radius 3 is 2.20 bits per heavy atom. The molecule has 226 valence electrons. The van der Waals surface area contributed by atoms with Crippen molar-refractivity contribution in [2.45, 2.75) is 97.4 Å². The summed E-state index contributed by atoms with van der Waals surface area (Å²) in [4.78, 5) is 12.7. The van der Waals surface area contributed by atoms with E-state index in [4.69, 9.17) is 9.47 Å². The second-order valence-electron chi connectivity index (χ2n) is 10.4. The fourth-order valence-electron chi connectivity index (χ4n) is 4.67. The largest absolute Gasteiger partial charge is 1.00 e. The third kappa shape index (κ3) is 12.9. The Hall–Kier alpha value is -2.45. The number of carbonyl (C=O) groups excluding carboxylic acids is 1. The maximum absolute atomic E-state index is 14.5. The number of anilines is 1. The molecule has 0 atom stereocenters. The van der Waals surface area contributed by atoms with Crippen molar-refractivity contribution in [1.82, 2.24) is 0 Å². The number of unbranched alkanes of at least 4 members (excludes halogenated alkanes) is 11. The van der Waals surface area contributed by atoms with Gasteiger partial charge in [0.15, 0.2) is 36.2 Å². The summed E-state index contributed by atoms with van der Waals surface area (Å²) < 4.78 is 28.1. The van der Waals surface area contributed by atoms with Crippen molar-refractivity contribution < 1.29 is 40.2 Å². The van der Waals surface area contributed by atoms with E-state index < -0.39 is 5.82 Å². The second kappa shape index (κ2) is 20.4. The summed E-state index contributed by atoms with van der Waals surface area (Å²) in [5, 5.41) is 5.02. The van der Waals surface area contributed by atoms with Crippen LogP contribution in [0, 0.1) is 12.7 Å². The molecule has 0 saturated carbocycles. The first-order chi connectivity index (χ1) is 19.6. The van der Waals surface area contributed by atoms with E-state index in [1.54, 1.807) is 23.5 Å². The highest BCUT2D eigenvalue weighted by molar-refractivity contribution is 7.07. The zero-order valence-electron chi connectivity index (χ0n) is 24.6. The lowest BCUT2D eigenvalue weighted by molar-refractivity contribution is -0.689. The van der Waals surface area contributed by atoms with Gasteiger partial charge in [-0.1, -0.05) is 113 Å². The Morgan fingerprint density at radius 1 is 0.878 bits per heavy atom. The normalized spacial score (nSPS) is 10.7. The van der Waals surface area contributed by atoms with Gasteiger partial charge in [-0.05, 0) is 24.6 Å². The molecule has 3 aromatic rings. The van der Waals surface area contributed by atoms with Crippen molar-refractivity contribution in [2.24, 2.45) is 0 Å². The van der Waals surface area contributed by atoms with Gasteiger partial charge in [-0.3, -0.25) is 4.79 Å². The number of ether oxygens (including phenoxy) is 2. The van der Waals surface area contributed by atoms with Crippen molar-refractivity contribution in [3.05, 3.63) is 70.4 Å². The molecule has 8 heteroatoms. The molecule has 1 aromatic heterocycles. The maximum atomic E-state index is 14.5. The molecule has 0 saturated heterocycles. The number of aryl methyl sites for hydroxylation is 1. The van der Waals surface area contributed by atoms with Crippen molar-refractivity contribution in [1.29, 1.82) is 0 Å². The maximum Gasteiger partial charge on any atom is 0.262 e. The van der Waals surface area contributed by atoms with E-state index in [2.05, 4.69) is 34.6 Å². The number of benzene rings is 2. The van der Waals surface area contributed by atoms with Crippen molar-refractivity contribution >= 4 is 22.9 Å². The third-order valence-electron chi connectivity index (χ3n) is 7.05. The predicted octanol–water partition coefficient (Wildman–Crippen LogP) is 5.63. The number of nitrogens with zero attached hydrogens (tertiary/aromatic N) is 1. The standard InChI is InChI=1S/C33H45FN2O3S.BrH/c1-3-4-5-6-7-8-9-10-11-12-13-16-22-38-33-29(34)19-17-21-31(33)39-24-32(37)35-30-20-15-14-18-28(30)23-36-26-40-25-27(36)2;/h14-15,17-21,25-26H,3-13,16,22-24H2,1-2H3;1H. The van der Waals surface area contributed by atoms with Gasteiger partial charge in [0.1, 0.15) is 0 Å². The number of halogens is 2. The van der Waals surface area contributed by atoms with Crippen LogP contribution >= 0.6 is 11.3 Å². The van der Waals surface area contributed by atoms with Gasteiger partial charge >= 0.3 is 0 Å². The molecule has 3 rings (SSSR count). The van der Waals surface area contributed by atoms with Crippen LogP contribution in [0.15, 0.2) is 53.4 Å². The van der Waals surface area contributed by atoms with Crippen LogP contribution in [0.3, 0.4) is 0 Å². The first-order valence-corrected chi connectivity index (χ1v) is 15.9. The number of aromatic nitrogens is 1. The quantitative estimate of drug-likeness (QED) is 0.128. The molecule has 0 unspecified atom stereocenters. The average molecular weight is 650 g/mol. The zero-order valence-corrected chi connectivity index (χ0v) is 27.0. The fourth-order valence-corrected chi connectivity index (χ4v) is 5.45. The predicted molar refractivity (Wildman–Crippen MR) is 162 cm³/mol. The molecule has 0 spiro atoms. The molecule has 0 aliphatic rings. The molecule has 1 N–H and O–H groups in total. The van der Waals surface area contributed by atoms with E-state index in [1.165, 1.54) is 70.3 Å². The Bertz CT molecular complexity index is 1160.